The minimum Gasteiger partial charge on any atom is -0.330 e. The van der Waals surface area contributed by atoms with Crippen LogP contribution in [0.25, 0.3) is 16.6 Å². The van der Waals surface area contributed by atoms with Crippen molar-refractivity contribution in [2.45, 2.75) is 27.7 Å². The van der Waals surface area contributed by atoms with Crippen molar-refractivity contribution in [1.29, 1.82) is 0 Å². The van der Waals surface area contributed by atoms with Gasteiger partial charge in [-0.3, -0.25) is 4.99 Å². The Hall–Kier alpha value is -2.21. The van der Waals surface area contributed by atoms with Crippen molar-refractivity contribution in [3.05, 3.63) is 29.3 Å². The maximum absolute atomic E-state index is 6.07. The van der Waals surface area contributed by atoms with Crippen LogP contribution in [0.4, 0.5) is 5.69 Å². The monoisotopic (exact) mass is 332 g/mol. The van der Waals surface area contributed by atoms with Gasteiger partial charge < -0.3 is 4.90 Å². The first kappa shape index (κ1) is 17.1. The number of hydrogen-bond acceptors (Lipinski definition) is 4. The zero-order valence-corrected chi connectivity index (χ0v) is 14.6. The molecule has 0 spiro atoms. The zero-order valence-electron chi connectivity index (χ0n) is 13.9. The first-order valence-corrected chi connectivity index (χ1v) is 8.19. The van der Waals surface area contributed by atoms with Gasteiger partial charge in [0.15, 0.2) is 0 Å². The molecule has 6 nitrogen and oxygen atoms in total. The third-order valence-electron chi connectivity index (χ3n) is 3.27. The molecule has 7 heteroatoms. The van der Waals surface area contributed by atoms with Crippen molar-refractivity contribution in [3.63, 3.8) is 0 Å². The van der Waals surface area contributed by atoms with Crippen molar-refractivity contribution < 1.29 is 0 Å². The van der Waals surface area contributed by atoms with Crippen LogP contribution < -0.4 is 4.90 Å². The lowest BCUT2D eigenvalue weighted by atomic mass is 10.2. The molecule has 0 radical (unpaired) electrons. The summed E-state index contributed by atoms with van der Waals surface area (Å²) in [5, 5.41) is 13.7. The van der Waals surface area contributed by atoms with Crippen LogP contribution in [0.1, 0.15) is 27.7 Å². The van der Waals surface area contributed by atoms with Gasteiger partial charge in [0.25, 0.3) is 0 Å². The van der Waals surface area contributed by atoms with E-state index in [4.69, 9.17) is 11.6 Å². The fraction of sp³-hybridized carbons (Fsp3) is 0.375. The predicted molar refractivity (Wildman–Crippen MR) is 96.7 cm³/mol. The lowest BCUT2D eigenvalue weighted by Gasteiger charge is -2.18. The van der Waals surface area contributed by atoms with E-state index in [1.165, 1.54) is 0 Å². The number of anilines is 1. The number of nitrogens with zero attached hydrogens (tertiary/aromatic N) is 6. The number of halogens is 1. The molecule has 1 aromatic carbocycles. The summed E-state index contributed by atoms with van der Waals surface area (Å²) in [7, 11) is 0. The van der Waals surface area contributed by atoms with Gasteiger partial charge in [0, 0.05) is 23.5 Å². The fourth-order valence-electron chi connectivity index (χ4n) is 2.25. The Morgan fingerprint density at radius 2 is 2.04 bits per heavy atom. The smallest absolute Gasteiger partial charge is 0.203 e. The van der Waals surface area contributed by atoms with E-state index in [0.717, 1.165) is 29.7 Å². The van der Waals surface area contributed by atoms with Crippen molar-refractivity contribution in [2.75, 3.05) is 18.0 Å². The second-order valence-electron chi connectivity index (χ2n) is 4.55. The Morgan fingerprint density at radius 3 is 2.74 bits per heavy atom. The summed E-state index contributed by atoms with van der Waals surface area (Å²) in [4.78, 5) is 6.34. The molecular formula is C16H21ClN6. The summed E-state index contributed by atoms with van der Waals surface area (Å²) in [6, 6.07) is 7.75. The first-order valence-electron chi connectivity index (χ1n) is 7.81. The number of pyridine rings is 1. The molecule has 0 unspecified atom stereocenters. The Balaban J connectivity index is 0.000000924. The van der Waals surface area contributed by atoms with Gasteiger partial charge in [-0.1, -0.05) is 31.5 Å². The molecule has 0 aliphatic heterocycles. The average molecular weight is 333 g/mol. The molecule has 0 N–H and O–H groups in total. The van der Waals surface area contributed by atoms with Crippen LogP contribution in [0, 0.1) is 0 Å². The number of hydrogen-bond donors (Lipinski definition) is 0. The van der Waals surface area contributed by atoms with Crippen LogP contribution in [-0.4, -0.2) is 39.5 Å². The molecule has 3 aromatic rings. The van der Waals surface area contributed by atoms with Crippen molar-refractivity contribution in [2.24, 2.45) is 4.99 Å². The quantitative estimate of drug-likeness (QED) is 0.538. The lowest BCUT2D eigenvalue weighted by molar-refractivity contribution is 0.841. The third-order valence-corrected chi connectivity index (χ3v) is 3.50. The van der Waals surface area contributed by atoms with Gasteiger partial charge in [-0.25, -0.2) is 0 Å². The van der Waals surface area contributed by atoms with Gasteiger partial charge in [0.05, 0.1) is 17.5 Å². The predicted octanol–water partition coefficient (Wildman–Crippen LogP) is 3.83. The molecule has 0 aliphatic rings. The van der Waals surface area contributed by atoms with E-state index in [1.807, 2.05) is 50.2 Å². The third kappa shape index (κ3) is 3.42. The van der Waals surface area contributed by atoms with Crippen LogP contribution in [0.5, 0.6) is 0 Å². The molecule has 3 rings (SSSR count). The molecule has 0 aliphatic carbocycles. The molecule has 0 atom stereocenters. The van der Waals surface area contributed by atoms with E-state index >= 15 is 0 Å². The van der Waals surface area contributed by atoms with Gasteiger partial charge in [-0.15, -0.1) is 5.10 Å². The van der Waals surface area contributed by atoms with E-state index in [-0.39, 0.29) is 0 Å². The number of rotatable bonds is 4. The van der Waals surface area contributed by atoms with Crippen LogP contribution >= 0.6 is 11.6 Å². The van der Waals surface area contributed by atoms with E-state index < -0.39 is 0 Å². The van der Waals surface area contributed by atoms with Gasteiger partial charge >= 0.3 is 0 Å². The topological polar surface area (TPSA) is 58.7 Å². The summed E-state index contributed by atoms with van der Waals surface area (Å²) in [6.45, 7) is 9.58. The maximum Gasteiger partial charge on any atom is 0.203 e. The SMILES string of the molecule is CC.CCN=CN(CC)c1cc2ccc(Cl)cc2n2nnnc12. The molecule has 0 saturated carbocycles. The maximum atomic E-state index is 6.07. The van der Waals surface area contributed by atoms with Crippen LogP contribution in [-0.2, 0) is 0 Å². The summed E-state index contributed by atoms with van der Waals surface area (Å²) >= 11 is 6.07. The highest BCUT2D eigenvalue weighted by Crippen LogP contribution is 2.27. The van der Waals surface area contributed by atoms with Crippen molar-refractivity contribution >= 4 is 40.2 Å². The number of aliphatic imine (C=N–C) groups is 1. The second-order valence-corrected chi connectivity index (χ2v) is 4.98. The molecule has 0 amide bonds. The highest BCUT2D eigenvalue weighted by atomic mass is 35.5. The molecule has 2 heterocycles. The Bertz CT molecular complexity index is 811. The van der Waals surface area contributed by atoms with E-state index in [0.29, 0.717) is 10.7 Å². The van der Waals surface area contributed by atoms with Gasteiger partial charge in [0.2, 0.25) is 5.65 Å². The van der Waals surface area contributed by atoms with Gasteiger partial charge in [-0.2, -0.15) is 4.52 Å². The normalized spacial score (nSPS) is 11.0. The number of tetrazole rings is 1. The van der Waals surface area contributed by atoms with Crippen LogP contribution in [0.15, 0.2) is 29.3 Å². The number of fused-ring (bicyclic) bond motifs is 3. The summed E-state index contributed by atoms with van der Waals surface area (Å²) in [6.07, 6.45) is 1.83. The first-order chi connectivity index (χ1) is 11.2. The lowest BCUT2D eigenvalue weighted by Crippen LogP contribution is -2.21. The molecule has 0 fully saturated rings. The van der Waals surface area contributed by atoms with E-state index in [1.54, 1.807) is 4.52 Å². The molecule has 122 valence electrons. The summed E-state index contributed by atoms with van der Waals surface area (Å²) in [5.41, 5.74) is 2.50. The highest BCUT2D eigenvalue weighted by molar-refractivity contribution is 6.31. The second kappa shape index (κ2) is 7.87. The van der Waals surface area contributed by atoms with Gasteiger partial charge in [-0.05, 0) is 42.5 Å². The molecule has 2 aromatic heterocycles. The average Bonchev–Trinajstić information content (AvgIpc) is 3.07. The van der Waals surface area contributed by atoms with E-state index in [2.05, 4.69) is 33.5 Å². The number of benzene rings is 1. The zero-order chi connectivity index (χ0) is 16.8. The fourth-order valence-corrected chi connectivity index (χ4v) is 2.42. The van der Waals surface area contributed by atoms with Gasteiger partial charge in [0.1, 0.15) is 0 Å². The number of aromatic nitrogens is 4. The van der Waals surface area contributed by atoms with Crippen molar-refractivity contribution in [1.82, 2.24) is 20.0 Å². The minimum atomic E-state index is 0.659. The molecule has 23 heavy (non-hydrogen) atoms. The Kier molecular flexibility index (Phi) is 5.87. The van der Waals surface area contributed by atoms with Crippen LogP contribution in [0.3, 0.4) is 0 Å². The minimum absolute atomic E-state index is 0.659. The highest BCUT2D eigenvalue weighted by Gasteiger charge is 2.14. The molecular weight excluding hydrogens is 312 g/mol. The molecule has 0 bridgehead atoms. The molecule has 0 saturated heterocycles. The largest absolute Gasteiger partial charge is 0.330 e. The standard InChI is InChI=1S/C14H15ClN6.C2H6/c1-3-16-9-20(4-2)13-7-10-5-6-11(15)8-12(10)21-14(13)17-18-19-21;1-2/h5-9H,3-4H2,1-2H3;1-2H3. The summed E-state index contributed by atoms with van der Waals surface area (Å²) in [5.74, 6) is 0. The van der Waals surface area contributed by atoms with Crippen LogP contribution in [0.2, 0.25) is 5.02 Å². The Morgan fingerprint density at radius 1 is 1.26 bits per heavy atom. The Labute approximate surface area is 140 Å². The summed E-state index contributed by atoms with van der Waals surface area (Å²) < 4.78 is 1.71. The van der Waals surface area contributed by atoms with Crippen molar-refractivity contribution in [3.8, 4) is 0 Å². The van der Waals surface area contributed by atoms with E-state index in [9.17, 15) is 0 Å².